The monoisotopic (exact) mass is 306 g/mol. The normalized spacial score (nSPS) is 43.1. The van der Waals surface area contributed by atoms with E-state index in [-0.39, 0.29) is 24.1 Å². The molecule has 6 atom stereocenters. The summed E-state index contributed by atoms with van der Waals surface area (Å²) in [6.45, 7) is 2.56. The Labute approximate surface area is 119 Å². The van der Waals surface area contributed by atoms with Crippen LogP contribution < -0.4 is 0 Å². The number of hydrogen-bond donors (Lipinski definition) is 1. The molecule has 1 fully saturated rings. The van der Waals surface area contributed by atoms with E-state index in [0.717, 1.165) is 6.92 Å². The van der Waals surface area contributed by atoms with Crippen molar-refractivity contribution in [1.82, 2.24) is 9.78 Å². The van der Waals surface area contributed by atoms with Gasteiger partial charge in [-0.3, -0.25) is 4.68 Å². The van der Waals surface area contributed by atoms with Crippen LogP contribution in [0.25, 0.3) is 0 Å². The lowest BCUT2D eigenvalue weighted by atomic mass is 9.92. The first kappa shape index (κ1) is 14.8. The Morgan fingerprint density at radius 2 is 1.90 bits per heavy atom. The molecule has 0 spiro atoms. The van der Waals surface area contributed by atoms with Gasteiger partial charge < -0.3 is 5.11 Å². The molecule has 0 aliphatic heterocycles. The Morgan fingerprint density at radius 1 is 1.24 bits per heavy atom. The van der Waals surface area contributed by atoms with Gasteiger partial charge in [0, 0.05) is 12.0 Å². The third-order valence-electron chi connectivity index (χ3n) is 4.73. The van der Waals surface area contributed by atoms with E-state index in [4.69, 9.17) is 0 Å². The van der Waals surface area contributed by atoms with Gasteiger partial charge in [-0.2, -0.15) is 5.10 Å². The number of hydrogen-bond acceptors (Lipinski definition) is 2. The van der Waals surface area contributed by atoms with Gasteiger partial charge in [0.1, 0.15) is 18.4 Å². The SMILES string of the molecule is Cc1nn([C@@H]2CC[C@@H](F)[C@@H](F)C2)c2c1[C@H](O)[C@](C)(F)[C@@H]2F. The van der Waals surface area contributed by atoms with Crippen LogP contribution in [0.2, 0.25) is 0 Å². The molecule has 0 unspecified atom stereocenters. The van der Waals surface area contributed by atoms with Crippen molar-refractivity contribution < 1.29 is 22.7 Å². The summed E-state index contributed by atoms with van der Waals surface area (Å²) in [5.41, 5.74) is -1.98. The van der Waals surface area contributed by atoms with Crippen molar-refractivity contribution in [2.24, 2.45) is 0 Å². The Balaban J connectivity index is 2.00. The maximum atomic E-state index is 14.4. The summed E-state index contributed by atoms with van der Waals surface area (Å²) in [6, 6.07) is -0.506. The molecule has 2 aliphatic carbocycles. The lowest BCUT2D eigenvalue weighted by Crippen LogP contribution is -2.32. The lowest BCUT2D eigenvalue weighted by Gasteiger charge is -2.29. The lowest BCUT2D eigenvalue weighted by molar-refractivity contribution is -0.0364. The number of rotatable bonds is 1. The Bertz CT molecular complexity index is 559. The van der Waals surface area contributed by atoms with Gasteiger partial charge in [-0.1, -0.05) is 0 Å². The molecule has 0 amide bonds. The first-order valence-electron chi connectivity index (χ1n) is 7.13. The largest absolute Gasteiger partial charge is 0.385 e. The average molecular weight is 306 g/mol. The molecule has 7 heteroatoms. The number of aliphatic hydroxyl groups excluding tert-OH is 1. The number of alkyl halides is 4. The van der Waals surface area contributed by atoms with Crippen LogP contribution >= 0.6 is 0 Å². The molecule has 1 aromatic rings. The highest BCUT2D eigenvalue weighted by atomic mass is 19.2. The van der Waals surface area contributed by atoms with Gasteiger partial charge in [-0.05, 0) is 26.7 Å². The zero-order valence-corrected chi connectivity index (χ0v) is 11.9. The van der Waals surface area contributed by atoms with Crippen LogP contribution in [-0.4, -0.2) is 32.9 Å². The Kier molecular flexibility index (Phi) is 3.31. The van der Waals surface area contributed by atoms with Gasteiger partial charge in [-0.25, -0.2) is 17.6 Å². The van der Waals surface area contributed by atoms with Gasteiger partial charge in [0.05, 0.1) is 17.4 Å². The smallest absolute Gasteiger partial charge is 0.178 e. The van der Waals surface area contributed by atoms with E-state index in [1.54, 1.807) is 6.92 Å². The predicted octanol–water partition coefficient (Wildman–Crippen LogP) is 3.38. The van der Waals surface area contributed by atoms with Crippen molar-refractivity contribution in [2.45, 2.75) is 69.4 Å². The molecule has 1 heterocycles. The fraction of sp³-hybridized carbons (Fsp3) is 0.786. The molecule has 0 radical (unpaired) electrons. The van der Waals surface area contributed by atoms with Gasteiger partial charge in [-0.15, -0.1) is 0 Å². The molecule has 0 saturated heterocycles. The molecule has 0 aromatic carbocycles. The molecule has 1 N–H and O–H groups in total. The summed E-state index contributed by atoms with van der Waals surface area (Å²) in [5, 5.41) is 14.1. The summed E-state index contributed by atoms with van der Waals surface area (Å²) < 4.78 is 56.7. The molecule has 3 nitrogen and oxygen atoms in total. The minimum atomic E-state index is -2.42. The van der Waals surface area contributed by atoms with Crippen molar-refractivity contribution in [3.63, 3.8) is 0 Å². The number of nitrogens with zero attached hydrogens (tertiary/aromatic N) is 2. The molecule has 1 aromatic heterocycles. The molecule has 0 bridgehead atoms. The molecular weight excluding hydrogens is 288 g/mol. The minimum Gasteiger partial charge on any atom is -0.385 e. The van der Waals surface area contributed by atoms with Crippen molar-refractivity contribution in [2.75, 3.05) is 0 Å². The van der Waals surface area contributed by atoms with E-state index in [1.165, 1.54) is 4.68 Å². The van der Waals surface area contributed by atoms with E-state index < -0.39 is 36.3 Å². The summed E-state index contributed by atoms with van der Waals surface area (Å²) in [7, 11) is 0. The topological polar surface area (TPSA) is 38.0 Å². The van der Waals surface area contributed by atoms with E-state index in [2.05, 4.69) is 5.10 Å². The third kappa shape index (κ3) is 2.00. The Hall–Kier alpha value is -1.11. The number of halogens is 4. The highest BCUT2D eigenvalue weighted by Crippen LogP contribution is 2.53. The van der Waals surface area contributed by atoms with Crippen molar-refractivity contribution >= 4 is 0 Å². The van der Waals surface area contributed by atoms with Crippen LogP contribution in [0.5, 0.6) is 0 Å². The van der Waals surface area contributed by atoms with E-state index in [9.17, 15) is 22.7 Å². The van der Waals surface area contributed by atoms with Crippen LogP contribution in [0.15, 0.2) is 0 Å². The standard InChI is InChI=1S/C14H18F4N2O/c1-6-10-11(12(17)14(2,18)13(10)21)20(19-6)7-3-4-8(15)9(16)5-7/h7-9,12-13,21H,3-5H2,1-2H3/t7-,8-,9+,12-,13+,14-/m1/s1. The van der Waals surface area contributed by atoms with E-state index >= 15 is 0 Å². The predicted molar refractivity (Wildman–Crippen MR) is 68.0 cm³/mol. The van der Waals surface area contributed by atoms with E-state index in [0.29, 0.717) is 12.1 Å². The maximum absolute atomic E-state index is 14.4. The zero-order valence-electron chi connectivity index (χ0n) is 11.9. The van der Waals surface area contributed by atoms with Crippen molar-refractivity contribution in [3.05, 3.63) is 17.0 Å². The minimum absolute atomic E-state index is 0.0282. The van der Waals surface area contributed by atoms with Crippen LogP contribution in [0.3, 0.4) is 0 Å². The maximum Gasteiger partial charge on any atom is 0.178 e. The van der Waals surface area contributed by atoms with Crippen LogP contribution in [0.4, 0.5) is 17.6 Å². The summed E-state index contributed by atoms with van der Waals surface area (Å²) >= 11 is 0. The molecule has 21 heavy (non-hydrogen) atoms. The third-order valence-corrected chi connectivity index (χ3v) is 4.73. The van der Waals surface area contributed by atoms with Crippen LogP contribution in [-0.2, 0) is 0 Å². The van der Waals surface area contributed by atoms with Gasteiger partial charge in [0.2, 0.25) is 0 Å². The molecular formula is C14H18F4N2O. The second kappa shape index (κ2) is 4.69. The van der Waals surface area contributed by atoms with Gasteiger partial charge in [0.15, 0.2) is 11.8 Å². The number of fused-ring (bicyclic) bond motifs is 1. The number of aryl methyl sites for hydroxylation is 1. The second-order valence-electron chi connectivity index (χ2n) is 6.24. The quantitative estimate of drug-likeness (QED) is 0.808. The fourth-order valence-electron chi connectivity index (χ4n) is 3.42. The summed E-state index contributed by atoms with van der Waals surface area (Å²) in [6.07, 6.45) is -6.50. The van der Waals surface area contributed by atoms with Crippen molar-refractivity contribution in [1.29, 1.82) is 0 Å². The van der Waals surface area contributed by atoms with Crippen LogP contribution in [0, 0.1) is 6.92 Å². The zero-order chi connectivity index (χ0) is 15.5. The highest BCUT2D eigenvalue weighted by molar-refractivity contribution is 5.39. The molecule has 118 valence electrons. The van der Waals surface area contributed by atoms with Crippen LogP contribution in [0.1, 0.15) is 61.5 Å². The molecule has 1 saturated carbocycles. The Morgan fingerprint density at radius 3 is 2.52 bits per heavy atom. The highest BCUT2D eigenvalue weighted by Gasteiger charge is 2.55. The first-order valence-corrected chi connectivity index (χ1v) is 7.13. The number of aromatic nitrogens is 2. The molecule has 3 rings (SSSR count). The molecule has 2 aliphatic rings. The average Bonchev–Trinajstić information content (AvgIpc) is 2.84. The summed E-state index contributed by atoms with van der Waals surface area (Å²) in [5.74, 6) is 0. The van der Waals surface area contributed by atoms with E-state index in [1.807, 2.05) is 0 Å². The summed E-state index contributed by atoms with van der Waals surface area (Å²) in [4.78, 5) is 0. The first-order chi connectivity index (χ1) is 9.75. The fourth-order valence-corrected chi connectivity index (χ4v) is 3.42. The van der Waals surface area contributed by atoms with Gasteiger partial charge in [0.25, 0.3) is 0 Å². The van der Waals surface area contributed by atoms with Gasteiger partial charge >= 0.3 is 0 Å². The van der Waals surface area contributed by atoms with Crippen molar-refractivity contribution in [3.8, 4) is 0 Å². The number of aliphatic hydroxyl groups is 1. The second-order valence-corrected chi connectivity index (χ2v) is 6.24.